The first-order chi connectivity index (χ1) is 14.1. The minimum atomic E-state index is -0.0367. The van der Waals surface area contributed by atoms with Crippen molar-refractivity contribution in [1.82, 2.24) is 14.5 Å². The van der Waals surface area contributed by atoms with E-state index in [4.69, 9.17) is 4.98 Å². The van der Waals surface area contributed by atoms with Gasteiger partial charge in [0.15, 0.2) is 11.0 Å². The van der Waals surface area contributed by atoms with Crippen LogP contribution in [0.1, 0.15) is 17.5 Å². The smallest absolute Gasteiger partial charge is 0.226 e. The summed E-state index contributed by atoms with van der Waals surface area (Å²) in [5.41, 5.74) is 4.21. The minimum Gasteiger partial charge on any atom is -0.333 e. The number of hydrogen-bond donors (Lipinski definition) is 1. The Morgan fingerprint density at radius 2 is 1.86 bits per heavy atom. The fourth-order valence-corrected chi connectivity index (χ4v) is 4.14. The zero-order valence-corrected chi connectivity index (χ0v) is 17.2. The molecule has 0 fully saturated rings. The molecule has 5 nitrogen and oxygen atoms in total. The summed E-state index contributed by atoms with van der Waals surface area (Å²) >= 11 is 1.45. The molecule has 2 heterocycles. The van der Waals surface area contributed by atoms with Gasteiger partial charge in [-0.3, -0.25) is 4.79 Å². The van der Waals surface area contributed by atoms with Crippen molar-refractivity contribution < 1.29 is 4.79 Å². The second-order valence-electron chi connectivity index (χ2n) is 6.96. The highest BCUT2D eigenvalue weighted by Gasteiger charge is 2.19. The van der Waals surface area contributed by atoms with Crippen LogP contribution in [0.3, 0.4) is 0 Å². The van der Waals surface area contributed by atoms with Gasteiger partial charge in [-0.2, -0.15) is 0 Å². The number of benzene rings is 2. The number of aryl methyl sites for hydroxylation is 3. The van der Waals surface area contributed by atoms with Crippen molar-refractivity contribution >= 4 is 22.4 Å². The SMILES string of the molecule is Cc1ccc(CCC(=O)Nc2nc(-c3ccccc3)c(-c3nccn3C)s2)cc1. The summed E-state index contributed by atoms with van der Waals surface area (Å²) in [6, 6.07) is 18.3. The third kappa shape index (κ3) is 4.43. The van der Waals surface area contributed by atoms with E-state index >= 15 is 0 Å². The number of nitrogens with zero attached hydrogens (tertiary/aromatic N) is 3. The van der Waals surface area contributed by atoms with E-state index in [1.807, 2.05) is 48.1 Å². The van der Waals surface area contributed by atoms with Crippen LogP contribution in [0.25, 0.3) is 22.0 Å². The van der Waals surface area contributed by atoms with Gasteiger partial charge >= 0.3 is 0 Å². The summed E-state index contributed by atoms with van der Waals surface area (Å²) in [7, 11) is 1.96. The molecule has 0 saturated heterocycles. The molecular formula is C23H22N4OS. The minimum absolute atomic E-state index is 0.0367. The molecule has 1 N–H and O–H groups in total. The monoisotopic (exact) mass is 402 g/mol. The standard InChI is InChI=1S/C23H22N4OS/c1-16-8-10-17(11-9-16)12-13-19(28)25-23-26-20(18-6-4-3-5-7-18)21(29-23)22-24-14-15-27(22)2/h3-11,14-15H,12-13H2,1-2H3,(H,25,26,28). The van der Waals surface area contributed by atoms with E-state index in [1.165, 1.54) is 16.9 Å². The fraction of sp³-hybridized carbons (Fsp3) is 0.174. The molecule has 6 heteroatoms. The van der Waals surface area contributed by atoms with E-state index in [1.54, 1.807) is 6.20 Å². The van der Waals surface area contributed by atoms with Gasteiger partial charge in [-0.05, 0) is 18.9 Å². The summed E-state index contributed by atoms with van der Waals surface area (Å²) in [5, 5.41) is 3.56. The Morgan fingerprint density at radius 1 is 1.10 bits per heavy atom. The Bertz CT molecular complexity index is 1110. The van der Waals surface area contributed by atoms with Crippen LogP contribution in [0.4, 0.5) is 5.13 Å². The summed E-state index contributed by atoms with van der Waals surface area (Å²) in [6.07, 6.45) is 4.80. The zero-order valence-electron chi connectivity index (χ0n) is 16.4. The molecule has 0 unspecified atom stereocenters. The van der Waals surface area contributed by atoms with Crippen molar-refractivity contribution in [2.45, 2.75) is 19.8 Å². The Morgan fingerprint density at radius 3 is 2.55 bits per heavy atom. The highest BCUT2D eigenvalue weighted by atomic mass is 32.1. The number of anilines is 1. The molecule has 0 spiro atoms. The van der Waals surface area contributed by atoms with Gasteiger partial charge in [0, 0.05) is 31.4 Å². The Kier molecular flexibility index (Phi) is 5.53. The zero-order chi connectivity index (χ0) is 20.2. The molecule has 2 aromatic carbocycles. The molecule has 4 rings (SSSR count). The Labute approximate surface area is 174 Å². The number of amides is 1. The topological polar surface area (TPSA) is 59.8 Å². The molecule has 4 aromatic rings. The van der Waals surface area contributed by atoms with Gasteiger partial charge in [0.2, 0.25) is 5.91 Å². The van der Waals surface area contributed by atoms with Crippen LogP contribution < -0.4 is 5.32 Å². The number of aromatic nitrogens is 3. The van der Waals surface area contributed by atoms with Crippen LogP contribution in [-0.2, 0) is 18.3 Å². The molecule has 0 aliphatic heterocycles. The number of carbonyl (C=O) groups is 1. The predicted octanol–water partition coefficient (Wildman–Crippen LogP) is 5.09. The van der Waals surface area contributed by atoms with E-state index in [2.05, 4.69) is 41.5 Å². The van der Waals surface area contributed by atoms with E-state index in [0.717, 1.165) is 27.5 Å². The maximum atomic E-state index is 12.5. The first kappa shape index (κ1) is 19.1. The molecule has 1 amide bonds. The molecule has 29 heavy (non-hydrogen) atoms. The molecule has 146 valence electrons. The number of hydrogen-bond acceptors (Lipinski definition) is 4. The first-order valence-corrected chi connectivity index (χ1v) is 10.3. The molecular weight excluding hydrogens is 380 g/mol. The maximum Gasteiger partial charge on any atom is 0.226 e. The summed E-state index contributed by atoms with van der Waals surface area (Å²) in [6.45, 7) is 2.06. The quantitative estimate of drug-likeness (QED) is 0.489. The lowest BCUT2D eigenvalue weighted by Gasteiger charge is -2.03. The summed E-state index contributed by atoms with van der Waals surface area (Å²) < 4.78 is 1.96. The second kappa shape index (κ2) is 8.41. The van der Waals surface area contributed by atoms with Crippen molar-refractivity contribution in [3.63, 3.8) is 0 Å². The van der Waals surface area contributed by atoms with Crippen molar-refractivity contribution in [3.05, 3.63) is 78.1 Å². The van der Waals surface area contributed by atoms with Crippen LogP contribution >= 0.6 is 11.3 Å². The Balaban J connectivity index is 1.54. The van der Waals surface area contributed by atoms with Crippen molar-refractivity contribution in [2.75, 3.05) is 5.32 Å². The van der Waals surface area contributed by atoms with Crippen molar-refractivity contribution in [2.24, 2.45) is 7.05 Å². The summed E-state index contributed by atoms with van der Waals surface area (Å²) in [4.78, 5) is 22.6. The number of thiazole rings is 1. The van der Waals surface area contributed by atoms with Gasteiger partial charge in [0.1, 0.15) is 0 Å². The third-order valence-electron chi connectivity index (χ3n) is 4.71. The molecule has 0 radical (unpaired) electrons. The van der Waals surface area contributed by atoms with Gasteiger partial charge < -0.3 is 9.88 Å². The van der Waals surface area contributed by atoms with Crippen LogP contribution in [0.2, 0.25) is 0 Å². The van der Waals surface area contributed by atoms with Gasteiger partial charge in [-0.15, -0.1) is 0 Å². The number of nitrogens with one attached hydrogen (secondary N) is 1. The molecule has 2 aromatic heterocycles. The van der Waals surface area contributed by atoms with Gasteiger partial charge in [0.05, 0.1) is 10.6 Å². The van der Waals surface area contributed by atoms with Crippen molar-refractivity contribution in [1.29, 1.82) is 0 Å². The number of carbonyl (C=O) groups excluding carboxylic acids is 1. The lowest BCUT2D eigenvalue weighted by atomic mass is 10.1. The van der Waals surface area contributed by atoms with E-state index in [-0.39, 0.29) is 5.91 Å². The lowest BCUT2D eigenvalue weighted by molar-refractivity contribution is -0.116. The maximum absolute atomic E-state index is 12.5. The molecule has 0 saturated carbocycles. The van der Waals surface area contributed by atoms with E-state index in [9.17, 15) is 4.79 Å². The van der Waals surface area contributed by atoms with E-state index in [0.29, 0.717) is 18.0 Å². The number of rotatable bonds is 6. The van der Waals surface area contributed by atoms with E-state index < -0.39 is 0 Å². The van der Waals surface area contributed by atoms with Gasteiger partial charge in [0.25, 0.3) is 0 Å². The average molecular weight is 403 g/mol. The first-order valence-electron chi connectivity index (χ1n) is 9.49. The lowest BCUT2D eigenvalue weighted by Crippen LogP contribution is -2.12. The number of imidazole rings is 1. The van der Waals surface area contributed by atoms with Gasteiger partial charge in [-0.1, -0.05) is 71.5 Å². The highest BCUT2D eigenvalue weighted by molar-refractivity contribution is 7.19. The van der Waals surface area contributed by atoms with Crippen LogP contribution in [0.5, 0.6) is 0 Å². The normalized spacial score (nSPS) is 10.8. The van der Waals surface area contributed by atoms with Crippen LogP contribution in [-0.4, -0.2) is 20.4 Å². The second-order valence-corrected chi connectivity index (χ2v) is 7.96. The Hall–Kier alpha value is -3.25. The molecule has 0 aliphatic rings. The largest absolute Gasteiger partial charge is 0.333 e. The predicted molar refractivity (Wildman–Crippen MR) is 118 cm³/mol. The van der Waals surface area contributed by atoms with Gasteiger partial charge in [-0.25, -0.2) is 9.97 Å². The molecule has 0 aliphatic carbocycles. The highest BCUT2D eigenvalue weighted by Crippen LogP contribution is 2.38. The van der Waals surface area contributed by atoms with Crippen LogP contribution in [0.15, 0.2) is 67.0 Å². The fourth-order valence-electron chi connectivity index (χ4n) is 3.10. The van der Waals surface area contributed by atoms with Crippen molar-refractivity contribution in [3.8, 4) is 22.0 Å². The summed E-state index contributed by atoms with van der Waals surface area (Å²) in [5.74, 6) is 0.798. The molecule has 0 atom stereocenters. The average Bonchev–Trinajstić information content (AvgIpc) is 3.34. The third-order valence-corrected chi connectivity index (χ3v) is 5.67. The van der Waals surface area contributed by atoms with Crippen LogP contribution in [0, 0.1) is 6.92 Å². The molecule has 0 bridgehead atoms.